The van der Waals surface area contributed by atoms with E-state index in [9.17, 15) is 18.0 Å². The van der Waals surface area contributed by atoms with Gasteiger partial charge in [-0.3, -0.25) is 4.79 Å². The Morgan fingerprint density at radius 3 is 2.25 bits per heavy atom. The molecule has 0 bridgehead atoms. The summed E-state index contributed by atoms with van der Waals surface area (Å²) >= 11 is 0. The molecule has 2 N–H and O–H groups in total. The molecule has 0 spiro atoms. The monoisotopic (exact) mass is 303 g/mol. The summed E-state index contributed by atoms with van der Waals surface area (Å²) in [5.41, 5.74) is 0. The first-order chi connectivity index (χ1) is 9.04. The predicted octanol–water partition coefficient (Wildman–Crippen LogP) is 0.921. The zero-order valence-electron chi connectivity index (χ0n) is 11.5. The van der Waals surface area contributed by atoms with Crippen LogP contribution in [0.25, 0.3) is 0 Å². The van der Waals surface area contributed by atoms with E-state index in [4.69, 9.17) is 9.52 Å². The molecule has 1 aromatic rings. The Bertz CT molecular complexity index is 608. The summed E-state index contributed by atoms with van der Waals surface area (Å²) < 4.78 is 27.5. The molecule has 112 valence electrons. The van der Waals surface area contributed by atoms with E-state index in [1.165, 1.54) is 6.07 Å². The molecule has 0 radical (unpaired) electrons. The molecule has 0 fully saturated rings. The van der Waals surface area contributed by atoms with Gasteiger partial charge in [0.25, 0.3) is 5.91 Å². The fraction of sp³-hybridized carbons (Fsp3) is 0.500. The van der Waals surface area contributed by atoms with Crippen LogP contribution in [-0.4, -0.2) is 42.4 Å². The number of aromatic carboxylic acids is 1. The number of rotatable bonds is 5. The quantitative estimate of drug-likeness (QED) is 0.836. The Morgan fingerprint density at radius 2 is 1.80 bits per heavy atom. The lowest BCUT2D eigenvalue weighted by Gasteiger charge is -2.18. The van der Waals surface area contributed by atoms with Crippen molar-refractivity contribution in [1.29, 1.82) is 0 Å². The Labute approximate surface area is 116 Å². The molecule has 0 aliphatic heterocycles. The minimum atomic E-state index is -3.32. The van der Waals surface area contributed by atoms with Gasteiger partial charge in [-0.25, -0.2) is 13.2 Å². The van der Waals surface area contributed by atoms with Gasteiger partial charge in [0.05, 0.1) is 10.5 Å². The first-order valence-electron chi connectivity index (χ1n) is 5.88. The maximum Gasteiger partial charge on any atom is 0.371 e. The summed E-state index contributed by atoms with van der Waals surface area (Å²) in [7, 11) is -3.32. The van der Waals surface area contributed by atoms with Gasteiger partial charge in [0.1, 0.15) is 0 Å². The molecule has 0 saturated heterocycles. The number of amides is 1. The maximum atomic E-state index is 11.8. The average Bonchev–Trinajstić information content (AvgIpc) is 2.76. The van der Waals surface area contributed by atoms with E-state index < -0.39 is 26.5 Å². The average molecular weight is 303 g/mol. The van der Waals surface area contributed by atoms with Crippen molar-refractivity contribution in [1.82, 2.24) is 5.32 Å². The highest BCUT2D eigenvalue weighted by Crippen LogP contribution is 2.15. The first-order valence-corrected chi connectivity index (χ1v) is 7.53. The smallest absolute Gasteiger partial charge is 0.371 e. The third kappa shape index (κ3) is 3.83. The molecular weight excluding hydrogens is 286 g/mol. The number of hydrogen-bond acceptors (Lipinski definition) is 5. The topological polar surface area (TPSA) is 114 Å². The third-order valence-corrected chi connectivity index (χ3v) is 5.24. The number of furan rings is 1. The number of hydrogen-bond donors (Lipinski definition) is 2. The number of sulfone groups is 1. The Morgan fingerprint density at radius 1 is 1.25 bits per heavy atom. The van der Waals surface area contributed by atoms with Crippen LogP contribution in [0.4, 0.5) is 0 Å². The number of carbonyl (C=O) groups is 2. The fourth-order valence-corrected chi connectivity index (χ4v) is 2.25. The van der Waals surface area contributed by atoms with Crippen molar-refractivity contribution in [2.45, 2.75) is 25.5 Å². The predicted molar refractivity (Wildman–Crippen MR) is 71.5 cm³/mol. The molecule has 0 aromatic carbocycles. The summed E-state index contributed by atoms with van der Waals surface area (Å²) in [6, 6.07) is 2.38. The van der Waals surface area contributed by atoms with Gasteiger partial charge < -0.3 is 14.8 Å². The lowest BCUT2D eigenvalue weighted by molar-refractivity contribution is 0.0659. The van der Waals surface area contributed by atoms with E-state index >= 15 is 0 Å². The SMILES string of the molecule is CC(C)(C)S(=O)(=O)CCNC(=O)c1ccc(C(=O)O)o1. The molecule has 0 aliphatic carbocycles. The molecule has 7 nitrogen and oxygen atoms in total. The lowest BCUT2D eigenvalue weighted by Crippen LogP contribution is -2.36. The van der Waals surface area contributed by atoms with E-state index in [1.807, 2.05) is 0 Å². The normalized spacial score (nSPS) is 12.2. The van der Waals surface area contributed by atoms with Gasteiger partial charge in [-0.1, -0.05) is 0 Å². The van der Waals surface area contributed by atoms with Crippen molar-refractivity contribution < 1.29 is 27.5 Å². The third-order valence-electron chi connectivity index (χ3n) is 2.63. The van der Waals surface area contributed by atoms with Crippen molar-refractivity contribution >= 4 is 21.7 Å². The molecule has 0 saturated carbocycles. The van der Waals surface area contributed by atoms with Gasteiger partial charge >= 0.3 is 5.97 Å². The van der Waals surface area contributed by atoms with Crippen LogP contribution in [0.1, 0.15) is 41.9 Å². The molecule has 8 heteroatoms. The van der Waals surface area contributed by atoms with Gasteiger partial charge in [-0.05, 0) is 32.9 Å². The van der Waals surface area contributed by atoms with Crippen molar-refractivity contribution in [3.8, 4) is 0 Å². The van der Waals surface area contributed by atoms with Crippen LogP contribution in [0, 0.1) is 0 Å². The molecule has 1 aromatic heterocycles. The second kappa shape index (κ2) is 5.66. The second-order valence-electron chi connectivity index (χ2n) is 5.16. The highest BCUT2D eigenvalue weighted by molar-refractivity contribution is 7.92. The van der Waals surface area contributed by atoms with Crippen LogP contribution in [0.2, 0.25) is 0 Å². The number of carbonyl (C=O) groups excluding carboxylic acids is 1. The van der Waals surface area contributed by atoms with Crippen LogP contribution < -0.4 is 5.32 Å². The summed E-state index contributed by atoms with van der Waals surface area (Å²) in [5.74, 6) is -2.65. The van der Waals surface area contributed by atoms with Gasteiger partial charge in [0.15, 0.2) is 15.6 Å². The van der Waals surface area contributed by atoms with Gasteiger partial charge in [-0.15, -0.1) is 0 Å². The Kier molecular flexibility index (Phi) is 4.59. The molecular formula is C12H17NO6S. The van der Waals surface area contributed by atoms with Gasteiger partial charge in [0, 0.05) is 6.54 Å². The zero-order valence-corrected chi connectivity index (χ0v) is 12.3. The molecule has 0 atom stereocenters. The minimum absolute atomic E-state index is 0.0679. The van der Waals surface area contributed by atoms with Crippen molar-refractivity contribution in [2.75, 3.05) is 12.3 Å². The molecule has 0 aliphatic rings. The molecule has 1 heterocycles. The molecule has 20 heavy (non-hydrogen) atoms. The Balaban J connectivity index is 2.58. The molecule has 1 rings (SSSR count). The lowest BCUT2D eigenvalue weighted by atomic mass is 10.3. The van der Waals surface area contributed by atoms with Crippen molar-refractivity contribution in [3.63, 3.8) is 0 Å². The number of carboxylic acids is 1. The Hall–Kier alpha value is -1.83. The first kappa shape index (κ1) is 16.2. The van der Waals surface area contributed by atoms with E-state index in [0.717, 1.165) is 6.07 Å². The summed E-state index contributed by atoms with van der Waals surface area (Å²) in [6.45, 7) is 4.67. The highest BCUT2D eigenvalue weighted by atomic mass is 32.2. The van der Waals surface area contributed by atoms with Crippen LogP contribution in [0.3, 0.4) is 0 Å². The fourth-order valence-electron chi connectivity index (χ4n) is 1.27. The van der Waals surface area contributed by atoms with Gasteiger partial charge in [0.2, 0.25) is 5.76 Å². The van der Waals surface area contributed by atoms with Crippen LogP contribution >= 0.6 is 0 Å². The van der Waals surface area contributed by atoms with Crippen LogP contribution in [0.15, 0.2) is 16.5 Å². The van der Waals surface area contributed by atoms with Gasteiger partial charge in [-0.2, -0.15) is 0 Å². The standard InChI is InChI=1S/C12H17NO6S/c1-12(2,3)20(17,18)7-6-13-10(14)8-4-5-9(19-8)11(15)16/h4-5H,6-7H2,1-3H3,(H,13,14)(H,15,16). The van der Waals surface area contributed by atoms with E-state index in [2.05, 4.69) is 5.32 Å². The van der Waals surface area contributed by atoms with E-state index in [0.29, 0.717) is 0 Å². The zero-order chi connectivity index (χ0) is 15.6. The van der Waals surface area contributed by atoms with Crippen LogP contribution in [-0.2, 0) is 9.84 Å². The van der Waals surface area contributed by atoms with Crippen molar-refractivity contribution in [2.24, 2.45) is 0 Å². The van der Waals surface area contributed by atoms with Crippen molar-refractivity contribution in [3.05, 3.63) is 23.7 Å². The summed E-state index contributed by atoms with van der Waals surface area (Å²) in [6.07, 6.45) is 0. The molecule has 1 amide bonds. The maximum absolute atomic E-state index is 11.8. The van der Waals surface area contributed by atoms with E-state index in [-0.39, 0.29) is 23.8 Å². The summed E-state index contributed by atoms with van der Waals surface area (Å²) in [5, 5.41) is 11.0. The highest BCUT2D eigenvalue weighted by Gasteiger charge is 2.28. The summed E-state index contributed by atoms with van der Waals surface area (Å²) in [4.78, 5) is 22.2. The largest absolute Gasteiger partial charge is 0.475 e. The number of nitrogens with one attached hydrogen (secondary N) is 1. The van der Waals surface area contributed by atoms with Crippen LogP contribution in [0.5, 0.6) is 0 Å². The van der Waals surface area contributed by atoms with E-state index in [1.54, 1.807) is 20.8 Å². The number of carboxylic acid groups (broad SMARTS) is 1. The second-order valence-corrected chi connectivity index (χ2v) is 8.02. The molecule has 0 unspecified atom stereocenters. The minimum Gasteiger partial charge on any atom is -0.475 e.